The quantitative estimate of drug-likeness (QED) is 0.0560. The van der Waals surface area contributed by atoms with Gasteiger partial charge < -0.3 is 0 Å². The largest absolute Gasteiger partial charge is 0.168 e. The number of hydrogen-bond acceptors (Lipinski definition) is 0. The molecule has 0 aliphatic rings. The van der Waals surface area contributed by atoms with Gasteiger partial charge in [-0.2, -0.15) is 11.1 Å². The van der Waals surface area contributed by atoms with Crippen molar-refractivity contribution in [3.05, 3.63) is 0 Å². The van der Waals surface area contributed by atoms with Crippen LogP contribution in [0.2, 0.25) is 19.1 Å². The minimum absolute atomic E-state index is 1.30. The van der Waals surface area contributed by atoms with E-state index in [4.69, 9.17) is 11.1 Å². The molecule has 0 spiro atoms. The van der Waals surface area contributed by atoms with Crippen LogP contribution in [0.4, 0.5) is 0 Å². The third kappa shape index (κ3) is 23.2. The van der Waals surface area contributed by atoms with Gasteiger partial charge in [0, 0.05) is 0 Å². The average molecular weight is 487 g/mol. The second-order valence-electron chi connectivity index (χ2n) is 8.17. The maximum atomic E-state index is 6.35. The fraction of sp³-hybridized carbons (Fsp3) is 1.00. The minimum Gasteiger partial charge on any atom is -0.168 e. The van der Waals surface area contributed by atoms with Gasteiger partial charge in [0.25, 0.3) is 0 Å². The van der Waals surface area contributed by atoms with Crippen LogP contribution in [0.25, 0.3) is 0 Å². The van der Waals surface area contributed by atoms with Gasteiger partial charge in [-0.1, -0.05) is 138 Å². The molecule has 0 nitrogen and oxygen atoms in total. The van der Waals surface area contributed by atoms with Crippen LogP contribution in [-0.4, -0.2) is 11.8 Å². The van der Waals surface area contributed by atoms with Gasteiger partial charge in [-0.05, 0) is 16.9 Å². The lowest BCUT2D eigenvalue weighted by Gasteiger charge is -2.11. The van der Waals surface area contributed by atoms with Crippen LogP contribution in [0.1, 0.15) is 109 Å². The van der Waals surface area contributed by atoms with E-state index in [9.17, 15) is 0 Å². The first-order chi connectivity index (χ1) is 11.6. The molecule has 0 fully saturated rings. The van der Waals surface area contributed by atoms with Gasteiger partial charge in [-0.3, -0.25) is 0 Å². The molecule has 3 heteroatoms. The van der Waals surface area contributed by atoms with Crippen molar-refractivity contribution in [1.29, 1.82) is 0 Å². The summed E-state index contributed by atoms with van der Waals surface area (Å²) in [5.74, 6) is 0. The molecule has 0 N–H and O–H groups in total. The highest BCUT2D eigenvalue weighted by molar-refractivity contribution is 14.1. The molecule has 0 aromatic heterocycles. The molecule has 146 valence electrons. The van der Waals surface area contributed by atoms with Crippen molar-refractivity contribution in [1.82, 2.24) is 0 Å². The van der Waals surface area contributed by atoms with Gasteiger partial charge in [-0.15, -0.1) is 0 Å². The summed E-state index contributed by atoms with van der Waals surface area (Å²) in [6, 6.07) is 1.30. The Hall–Kier alpha value is 1.24. The molecule has 0 aromatic rings. The number of rotatable bonds is 19. The highest BCUT2D eigenvalue weighted by Gasteiger charge is 2.15. The van der Waals surface area contributed by atoms with Crippen molar-refractivity contribution in [3.8, 4) is 0 Å². The normalized spacial score (nSPS) is 12.0. The summed E-state index contributed by atoms with van der Waals surface area (Å²) in [7, 11) is -1.30. The molecule has 0 aliphatic heterocycles. The summed E-state index contributed by atoms with van der Waals surface area (Å²) in [4.78, 5) is 0. The molecule has 0 unspecified atom stereocenters. The maximum absolute atomic E-state index is 6.35. The molecule has 0 saturated heterocycles. The van der Waals surface area contributed by atoms with E-state index in [0.29, 0.717) is 0 Å². The van der Waals surface area contributed by atoms with E-state index < -0.39 is 7.38 Å². The zero-order valence-electron chi connectivity index (χ0n) is 16.7. The Balaban J connectivity index is 3.00. The zero-order valence-corrected chi connectivity index (χ0v) is 20.6. The first-order valence-electron chi connectivity index (χ1n) is 10.8. The van der Waals surface area contributed by atoms with Crippen LogP contribution >= 0.6 is 33.7 Å². The summed E-state index contributed by atoms with van der Waals surface area (Å²) < 4.78 is 1.34. The lowest BCUT2D eigenvalue weighted by atomic mass is 10.0. The van der Waals surface area contributed by atoms with Gasteiger partial charge in [0.15, 0.2) is 0 Å². The van der Waals surface area contributed by atoms with Crippen LogP contribution < -0.4 is 0 Å². The number of alkyl halides is 1. The minimum atomic E-state index is -1.30. The fourth-order valence-corrected chi connectivity index (χ4v) is 5.32. The summed E-state index contributed by atoms with van der Waals surface area (Å²) in [6.07, 6.45) is 24.7. The number of halogens is 2. The molecule has 0 atom stereocenters. The van der Waals surface area contributed by atoms with Gasteiger partial charge in [0.05, 0.1) is 0 Å². The van der Waals surface area contributed by atoms with E-state index in [1.165, 1.54) is 120 Å². The van der Waals surface area contributed by atoms with E-state index in [1.807, 2.05) is 0 Å². The standard InChI is InChI=1S/C21H44ClISi/c1-24(2,22)21-19-17-15-13-11-9-7-5-3-4-6-8-10-12-14-16-18-20-23/h3-21H2,1-2H3. The molecular formula is C21H44ClISi. The van der Waals surface area contributed by atoms with Gasteiger partial charge in [-0.25, -0.2) is 0 Å². The van der Waals surface area contributed by atoms with E-state index in [-0.39, 0.29) is 0 Å². The van der Waals surface area contributed by atoms with Gasteiger partial charge in [0.1, 0.15) is 7.38 Å². The SMILES string of the molecule is C[Si](C)(Cl)CCCCCCCCCCCCCCCCCCCI. The van der Waals surface area contributed by atoms with Crippen molar-refractivity contribution in [2.45, 2.75) is 128 Å². The highest BCUT2D eigenvalue weighted by Crippen LogP contribution is 2.19. The van der Waals surface area contributed by atoms with Crippen molar-refractivity contribution in [2.24, 2.45) is 0 Å². The molecular weight excluding hydrogens is 443 g/mol. The third-order valence-corrected chi connectivity index (χ3v) is 7.78. The zero-order chi connectivity index (χ0) is 17.9. The summed E-state index contributed by atoms with van der Waals surface area (Å²) >= 11 is 8.84. The Morgan fingerprint density at radius 3 is 1.00 bits per heavy atom. The van der Waals surface area contributed by atoms with E-state index in [1.54, 1.807) is 0 Å². The maximum Gasteiger partial charge on any atom is 0.150 e. The lowest BCUT2D eigenvalue weighted by Crippen LogP contribution is -2.14. The fourth-order valence-electron chi connectivity index (χ4n) is 3.29. The lowest BCUT2D eigenvalue weighted by molar-refractivity contribution is 0.529. The molecule has 0 rings (SSSR count). The van der Waals surface area contributed by atoms with E-state index in [0.717, 1.165) is 0 Å². The Bertz CT molecular complexity index is 240. The second kappa shape index (κ2) is 19.0. The van der Waals surface area contributed by atoms with Crippen molar-refractivity contribution in [2.75, 3.05) is 4.43 Å². The first kappa shape index (κ1) is 25.2. The molecule has 0 bridgehead atoms. The smallest absolute Gasteiger partial charge is 0.150 e. The molecule has 0 radical (unpaired) electrons. The molecule has 0 heterocycles. The second-order valence-corrected chi connectivity index (χ2v) is 16.3. The first-order valence-corrected chi connectivity index (χ1v) is 16.6. The average Bonchev–Trinajstić information content (AvgIpc) is 2.52. The Kier molecular flexibility index (Phi) is 20.0. The van der Waals surface area contributed by atoms with Crippen LogP contribution in [0, 0.1) is 0 Å². The molecule has 0 saturated carbocycles. The van der Waals surface area contributed by atoms with Crippen LogP contribution in [0.3, 0.4) is 0 Å². The molecule has 0 amide bonds. The van der Waals surface area contributed by atoms with Crippen LogP contribution in [-0.2, 0) is 0 Å². The van der Waals surface area contributed by atoms with E-state index >= 15 is 0 Å². The van der Waals surface area contributed by atoms with Crippen molar-refractivity contribution >= 4 is 41.1 Å². The highest BCUT2D eigenvalue weighted by atomic mass is 127. The summed E-state index contributed by atoms with van der Waals surface area (Å²) in [6.45, 7) is 4.53. The van der Waals surface area contributed by atoms with E-state index in [2.05, 4.69) is 35.7 Å². The monoisotopic (exact) mass is 486 g/mol. The van der Waals surface area contributed by atoms with Crippen molar-refractivity contribution in [3.63, 3.8) is 0 Å². The topological polar surface area (TPSA) is 0 Å². The predicted octanol–water partition coefficient (Wildman–Crippen LogP) is 9.50. The van der Waals surface area contributed by atoms with Gasteiger partial charge in [0.2, 0.25) is 0 Å². The Labute approximate surface area is 173 Å². The molecule has 0 aromatic carbocycles. The van der Waals surface area contributed by atoms with Gasteiger partial charge >= 0.3 is 0 Å². The Morgan fingerprint density at radius 2 is 0.750 bits per heavy atom. The predicted molar refractivity (Wildman–Crippen MR) is 126 cm³/mol. The third-order valence-electron chi connectivity index (χ3n) is 4.90. The number of unbranched alkanes of at least 4 members (excludes halogenated alkanes) is 16. The molecule has 24 heavy (non-hydrogen) atoms. The van der Waals surface area contributed by atoms with Crippen LogP contribution in [0.15, 0.2) is 0 Å². The van der Waals surface area contributed by atoms with Crippen LogP contribution in [0.5, 0.6) is 0 Å². The molecule has 0 aliphatic carbocycles. The Morgan fingerprint density at radius 1 is 0.500 bits per heavy atom. The number of hydrogen-bond donors (Lipinski definition) is 0. The van der Waals surface area contributed by atoms with Crippen molar-refractivity contribution < 1.29 is 0 Å². The summed E-state index contributed by atoms with van der Waals surface area (Å²) in [5.41, 5.74) is 0. The summed E-state index contributed by atoms with van der Waals surface area (Å²) in [5, 5.41) is 0.